The van der Waals surface area contributed by atoms with E-state index < -0.39 is 11.6 Å². The monoisotopic (exact) mass is 272 g/mol. The second kappa shape index (κ2) is 5.99. The maximum atomic E-state index is 13.8. The molecule has 0 saturated carbocycles. The minimum atomic E-state index is -0.504. The number of benzene rings is 1. The van der Waals surface area contributed by atoms with Crippen LogP contribution in [0, 0.1) is 11.6 Å². The molecular weight excluding hydrogens is 254 g/mol. The van der Waals surface area contributed by atoms with Crippen molar-refractivity contribution in [3.05, 3.63) is 35.4 Å². The van der Waals surface area contributed by atoms with Gasteiger partial charge in [0.25, 0.3) is 0 Å². The molecule has 1 aromatic carbocycles. The summed E-state index contributed by atoms with van der Waals surface area (Å²) < 4.78 is 27.7. The Kier molecular flexibility index (Phi) is 4.59. The van der Waals surface area contributed by atoms with Gasteiger partial charge in [0.2, 0.25) is 0 Å². The Morgan fingerprint density at radius 2 is 2.11 bits per heavy atom. The highest BCUT2D eigenvalue weighted by Gasteiger charge is 2.30. The first-order chi connectivity index (χ1) is 8.65. The highest BCUT2D eigenvalue weighted by Crippen LogP contribution is 2.30. The van der Waals surface area contributed by atoms with Crippen LogP contribution in [0.5, 0.6) is 0 Å². The van der Waals surface area contributed by atoms with Gasteiger partial charge in [0.15, 0.2) is 0 Å². The molecule has 100 valence electrons. The van der Waals surface area contributed by atoms with Gasteiger partial charge in [-0.3, -0.25) is 4.90 Å². The van der Waals surface area contributed by atoms with Crippen LogP contribution in [0.2, 0.25) is 0 Å². The third-order valence-electron chi connectivity index (χ3n) is 3.38. The Hall–Kier alpha value is -0.650. The summed E-state index contributed by atoms with van der Waals surface area (Å²) >= 11 is 1.87. The van der Waals surface area contributed by atoms with Crippen LogP contribution >= 0.6 is 11.8 Å². The zero-order chi connectivity index (χ0) is 13.1. The van der Waals surface area contributed by atoms with E-state index in [0.717, 1.165) is 18.1 Å². The molecule has 2 rings (SSSR count). The number of nitrogens with zero attached hydrogens (tertiary/aromatic N) is 1. The van der Waals surface area contributed by atoms with Crippen LogP contribution in [0.25, 0.3) is 0 Å². The van der Waals surface area contributed by atoms with E-state index in [2.05, 4.69) is 11.8 Å². The molecule has 1 fully saturated rings. The van der Waals surface area contributed by atoms with Gasteiger partial charge in [-0.25, -0.2) is 8.78 Å². The average molecular weight is 272 g/mol. The molecule has 0 bridgehead atoms. The van der Waals surface area contributed by atoms with Crippen molar-refractivity contribution in [3.63, 3.8) is 0 Å². The number of nitrogens with two attached hydrogens (primary N) is 1. The molecule has 0 spiro atoms. The van der Waals surface area contributed by atoms with Gasteiger partial charge in [-0.1, -0.05) is 6.07 Å². The average Bonchev–Trinajstić information content (AvgIpc) is 2.35. The van der Waals surface area contributed by atoms with Crippen molar-refractivity contribution in [2.45, 2.75) is 19.0 Å². The molecular formula is C13H18F2N2S. The molecule has 0 amide bonds. The lowest BCUT2D eigenvalue weighted by molar-refractivity contribution is 0.159. The molecule has 1 aliphatic rings. The SMILES string of the molecule is CC1CSCCN1C(CN)c1c(F)cccc1F. The van der Waals surface area contributed by atoms with Crippen LogP contribution in [-0.2, 0) is 0 Å². The number of hydrogen-bond acceptors (Lipinski definition) is 3. The summed E-state index contributed by atoms with van der Waals surface area (Å²) in [6.45, 7) is 3.13. The van der Waals surface area contributed by atoms with Gasteiger partial charge in [0.1, 0.15) is 11.6 Å². The van der Waals surface area contributed by atoms with Gasteiger partial charge in [0.05, 0.1) is 6.04 Å². The van der Waals surface area contributed by atoms with Crippen molar-refractivity contribution in [2.24, 2.45) is 5.73 Å². The quantitative estimate of drug-likeness (QED) is 0.916. The Labute approximate surface area is 111 Å². The second-order valence-electron chi connectivity index (χ2n) is 4.55. The van der Waals surface area contributed by atoms with Crippen LogP contribution in [0.15, 0.2) is 18.2 Å². The lowest BCUT2D eigenvalue weighted by Gasteiger charge is -2.39. The first-order valence-electron chi connectivity index (χ1n) is 6.12. The molecule has 2 N–H and O–H groups in total. The molecule has 0 aliphatic carbocycles. The molecule has 0 radical (unpaired) electrons. The molecule has 0 aromatic heterocycles. The van der Waals surface area contributed by atoms with Gasteiger partial charge in [-0.15, -0.1) is 0 Å². The lowest BCUT2D eigenvalue weighted by atomic mass is 10.0. The molecule has 1 aliphatic heterocycles. The summed E-state index contributed by atoms with van der Waals surface area (Å²) in [4.78, 5) is 2.11. The van der Waals surface area contributed by atoms with Crippen LogP contribution in [0.1, 0.15) is 18.5 Å². The molecule has 2 atom stereocenters. The smallest absolute Gasteiger partial charge is 0.130 e. The van der Waals surface area contributed by atoms with E-state index in [1.54, 1.807) is 0 Å². The van der Waals surface area contributed by atoms with Crippen LogP contribution in [0.3, 0.4) is 0 Å². The van der Waals surface area contributed by atoms with Crippen LogP contribution in [0.4, 0.5) is 8.78 Å². The second-order valence-corrected chi connectivity index (χ2v) is 5.70. The topological polar surface area (TPSA) is 29.3 Å². The molecule has 1 aromatic rings. The van der Waals surface area contributed by atoms with Crippen molar-refractivity contribution in [2.75, 3.05) is 24.6 Å². The van der Waals surface area contributed by atoms with Gasteiger partial charge in [-0.05, 0) is 19.1 Å². The molecule has 18 heavy (non-hydrogen) atoms. The maximum Gasteiger partial charge on any atom is 0.130 e. The summed E-state index contributed by atoms with van der Waals surface area (Å²) in [5, 5.41) is 0. The fourth-order valence-electron chi connectivity index (χ4n) is 2.45. The predicted molar refractivity (Wildman–Crippen MR) is 71.6 cm³/mol. The van der Waals surface area contributed by atoms with E-state index >= 15 is 0 Å². The number of halogens is 2. The van der Waals surface area contributed by atoms with Crippen molar-refractivity contribution < 1.29 is 8.78 Å². The molecule has 1 saturated heterocycles. The Morgan fingerprint density at radius 1 is 1.44 bits per heavy atom. The van der Waals surface area contributed by atoms with Gasteiger partial charge in [-0.2, -0.15) is 11.8 Å². The standard InChI is InChI=1S/C13H18F2N2S/c1-9-8-18-6-5-17(9)12(7-16)13-10(14)3-2-4-11(13)15/h2-4,9,12H,5-8,16H2,1H3. The lowest BCUT2D eigenvalue weighted by Crippen LogP contribution is -2.45. The summed E-state index contributed by atoms with van der Waals surface area (Å²) in [6, 6.07) is 3.89. The fraction of sp³-hybridized carbons (Fsp3) is 0.538. The van der Waals surface area contributed by atoms with Gasteiger partial charge >= 0.3 is 0 Å². The highest BCUT2D eigenvalue weighted by molar-refractivity contribution is 7.99. The summed E-state index contributed by atoms with van der Waals surface area (Å²) in [7, 11) is 0. The minimum absolute atomic E-state index is 0.110. The first kappa shape index (κ1) is 13.8. The third kappa shape index (κ3) is 2.68. The number of rotatable bonds is 3. The Morgan fingerprint density at radius 3 is 2.67 bits per heavy atom. The normalized spacial score (nSPS) is 23.0. The van der Waals surface area contributed by atoms with E-state index in [-0.39, 0.29) is 24.2 Å². The predicted octanol–water partition coefficient (Wildman–Crippen LogP) is 2.40. The van der Waals surface area contributed by atoms with Crippen LogP contribution < -0.4 is 5.73 Å². The summed E-state index contributed by atoms with van der Waals surface area (Å²) in [5.41, 5.74) is 5.86. The Bertz CT molecular complexity index is 394. The minimum Gasteiger partial charge on any atom is -0.329 e. The zero-order valence-electron chi connectivity index (χ0n) is 10.4. The fourth-order valence-corrected chi connectivity index (χ4v) is 3.49. The first-order valence-corrected chi connectivity index (χ1v) is 7.28. The molecule has 1 heterocycles. The van der Waals surface area contributed by atoms with Gasteiger partial charge in [0, 0.05) is 36.2 Å². The molecule has 2 nitrogen and oxygen atoms in total. The van der Waals surface area contributed by atoms with E-state index in [1.807, 2.05) is 11.8 Å². The third-order valence-corrected chi connectivity index (χ3v) is 4.56. The largest absolute Gasteiger partial charge is 0.329 e. The van der Waals surface area contributed by atoms with Crippen molar-refractivity contribution in [3.8, 4) is 0 Å². The van der Waals surface area contributed by atoms with E-state index in [0.29, 0.717) is 0 Å². The van der Waals surface area contributed by atoms with Crippen molar-refractivity contribution >= 4 is 11.8 Å². The van der Waals surface area contributed by atoms with Gasteiger partial charge < -0.3 is 5.73 Å². The van der Waals surface area contributed by atoms with Crippen molar-refractivity contribution in [1.82, 2.24) is 4.90 Å². The van der Waals surface area contributed by atoms with Crippen LogP contribution in [-0.4, -0.2) is 35.5 Å². The highest BCUT2D eigenvalue weighted by atomic mass is 32.2. The number of thioether (sulfide) groups is 1. The zero-order valence-corrected chi connectivity index (χ0v) is 11.2. The van der Waals surface area contributed by atoms with E-state index in [4.69, 9.17) is 5.73 Å². The molecule has 5 heteroatoms. The number of hydrogen-bond donors (Lipinski definition) is 1. The maximum absolute atomic E-state index is 13.8. The Balaban J connectivity index is 2.32. The summed E-state index contributed by atoms with van der Waals surface area (Å²) in [6.07, 6.45) is 0. The summed E-state index contributed by atoms with van der Waals surface area (Å²) in [5.74, 6) is 0.954. The van der Waals surface area contributed by atoms with E-state index in [9.17, 15) is 8.78 Å². The van der Waals surface area contributed by atoms with Crippen molar-refractivity contribution in [1.29, 1.82) is 0 Å². The molecule has 2 unspecified atom stereocenters. The van der Waals surface area contributed by atoms with E-state index in [1.165, 1.54) is 18.2 Å².